The van der Waals surface area contributed by atoms with Crippen LogP contribution in [0.3, 0.4) is 0 Å². The first-order valence-corrected chi connectivity index (χ1v) is 13.7. The van der Waals surface area contributed by atoms with Crippen molar-refractivity contribution in [2.24, 2.45) is 17.8 Å². The van der Waals surface area contributed by atoms with Crippen LogP contribution in [0.5, 0.6) is 0 Å². The van der Waals surface area contributed by atoms with Crippen LogP contribution in [0.2, 0.25) is 0 Å². The van der Waals surface area contributed by atoms with Gasteiger partial charge in [0.15, 0.2) is 0 Å². The Bertz CT molecular complexity index is 930. The summed E-state index contributed by atoms with van der Waals surface area (Å²) in [5, 5.41) is 11.3. The zero-order valence-corrected chi connectivity index (χ0v) is 21.9. The number of ether oxygens (including phenoxy) is 2. The van der Waals surface area contributed by atoms with Crippen molar-refractivity contribution in [3.8, 4) is 0 Å². The molecule has 6 aliphatic carbocycles. The van der Waals surface area contributed by atoms with Crippen LogP contribution < -0.4 is 0 Å². The molecule has 0 aromatic carbocycles. The molecule has 1 N–H and O–H groups in total. The highest BCUT2D eigenvalue weighted by Crippen LogP contribution is 2.62. The van der Waals surface area contributed by atoms with E-state index in [9.17, 15) is 14.7 Å². The van der Waals surface area contributed by atoms with Crippen LogP contribution in [0.15, 0.2) is 24.3 Å². The maximum Gasteiger partial charge on any atom is 0.333 e. The third kappa shape index (κ3) is 5.16. The summed E-state index contributed by atoms with van der Waals surface area (Å²) in [6.07, 6.45) is 10.8. The van der Waals surface area contributed by atoms with E-state index >= 15 is 0 Å². The summed E-state index contributed by atoms with van der Waals surface area (Å²) in [6.45, 7) is 11.1. The SMILES string of the molecule is C=C(C)C(=O)OC1(CCOOC23CC4CC(O)(C2)CC(OC(=O)C(=C)C)(C4)C3)CC2CCCC(C2)C1. The summed E-state index contributed by atoms with van der Waals surface area (Å²) in [7, 11) is 0. The molecule has 6 aliphatic rings. The second kappa shape index (κ2) is 9.25. The second-order valence-electron chi connectivity index (χ2n) is 13.1. The number of carbonyl (C=O) groups is 2. The normalized spacial score (nSPS) is 42.6. The second-order valence-corrected chi connectivity index (χ2v) is 13.1. The van der Waals surface area contributed by atoms with Gasteiger partial charge in [-0.25, -0.2) is 19.4 Å². The van der Waals surface area contributed by atoms with Crippen molar-refractivity contribution in [2.45, 2.75) is 120 Å². The molecule has 0 aromatic heterocycles. The van der Waals surface area contributed by atoms with Gasteiger partial charge < -0.3 is 14.6 Å². The summed E-state index contributed by atoms with van der Waals surface area (Å²) in [5.74, 6) is 0.628. The molecule has 6 unspecified atom stereocenters. The number of fused-ring (bicyclic) bond motifs is 2. The van der Waals surface area contributed by atoms with Crippen LogP contribution in [-0.4, -0.2) is 46.1 Å². The zero-order valence-electron chi connectivity index (χ0n) is 21.9. The molecule has 0 spiro atoms. The first-order chi connectivity index (χ1) is 16.9. The maximum absolute atomic E-state index is 12.5. The molecule has 0 heterocycles. The quantitative estimate of drug-likeness (QED) is 0.154. The number of rotatable bonds is 9. The van der Waals surface area contributed by atoms with E-state index in [1.807, 2.05) is 0 Å². The lowest BCUT2D eigenvalue weighted by Crippen LogP contribution is -2.67. The molecule has 7 heteroatoms. The predicted molar refractivity (Wildman–Crippen MR) is 132 cm³/mol. The summed E-state index contributed by atoms with van der Waals surface area (Å²) in [6, 6.07) is 0. The van der Waals surface area contributed by atoms with Crippen LogP contribution >= 0.6 is 0 Å². The molecule has 6 atom stereocenters. The Labute approximate surface area is 214 Å². The Kier molecular flexibility index (Phi) is 6.66. The molecule has 6 fully saturated rings. The lowest BCUT2D eigenvalue weighted by atomic mass is 9.50. The molecular formula is C29H42O7. The zero-order chi connectivity index (χ0) is 25.8. The Hall–Kier alpha value is -1.70. The highest BCUT2D eigenvalue weighted by molar-refractivity contribution is 5.87. The lowest BCUT2D eigenvalue weighted by Gasteiger charge is -2.62. The van der Waals surface area contributed by atoms with Gasteiger partial charge in [-0.1, -0.05) is 32.4 Å². The average molecular weight is 503 g/mol. The predicted octanol–water partition coefficient (Wildman–Crippen LogP) is 5.11. The fraction of sp³-hybridized carbons (Fsp3) is 0.793. The van der Waals surface area contributed by atoms with E-state index in [1.165, 1.54) is 25.7 Å². The Morgan fingerprint density at radius 3 is 2.08 bits per heavy atom. The van der Waals surface area contributed by atoms with E-state index in [2.05, 4.69) is 13.2 Å². The van der Waals surface area contributed by atoms with Crippen molar-refractivity contribution < 1.29 is 33.9 Å². The molecular weight excluding hydrogens is 460 g/mol. The van der Waals surface area contributed by atoms with E-state index < -0.39 is 28.4 Å². The molecule has 0 radical (unpaired) electrons. The molecule has 7 nitrogen and oxygen atoms in total. The largest absolute Gasteiger partial charge is 0.456 e. The van der Waals surface area contributed by atoms with E-state index in [0.29, 0.717) is 61.7 Å². The molecule has 0 saturated heterocycles. The van der Waals surface area contributed by atoms with Gasteiger partial charge in [-0.15, -0.1) is 0 Å². The monoisotopic (exact) mass is 502 g/mol. The summed E-state index contributed by atoms with van der Waals surface area (Å²) < 4.78 is 12.0. The van der Waals surface area contributed by atoms with Crippen molar-refractivity contribution in [3.63, 3.8) is 0 Å². The third-order valence-corrected chi connectivity index (χ3v) is 9.34. The minimum absolute atomic E-state index is 0.216. The van der Waals surface area contributed by atoms with Crippen molar-refractivity contribution >= 4 is 11.9 Å². The van der Waals surface area contributed by atoms with Gasteiger partial charge in [0, 0.05) is 36.8 Å². The van der Waals surface area contributed by atoms with Gasteiger partial charge in [-0.3, -0.25) is 0 Å². The minimum Gasteiger partial charge on any atom is -0.456 e. The van der Waals surface area contributed by atoms with Crippen molar-refractivity contribution in [3.05, 3.63) is 24.3 Å². The van der Waals surface area contributed by atoms with Gasteiger partial charge in [0.1, 0.15) is 16.8 Å². The first kappa shape index (κ1) is 25.9. The summed E-state index contributed by atoms with van der Waals surface area (Å²) in [4.78, 5) is 36.9. The number of esters is 2. The molecule has 0 aromatic rings. The van der Waals surface area contributed by atoms with Crippen LogP contribution in [0, 0.1) is 17.8 Å². The Morgan fingerprint density at radius 1 is 0.833 bits per heavy atom. The van der Waals surface area contributed by atoms with Crippen molar-refractivity contribution in [1.29, 1.82) is 0 Å². The van der Waals surface area contributed by atoms with Gasteiger partial charge in [0.05, 0.1) is 12.2 Å². The maximum atomic E-state index is 12.5. The molecule has 6 saturated carbocycles. The fourth-order valence-corrected chi connectivity index (χ4v) is 8.63. The van der Waals surface area contributed by atoms with E-state index in [-0.39, 0.29) is 11.9 Å². The van der Waals surface area contributed by atoms with Crippen LogP contribution in [0.4, 0.5) is 0 Å². The van der Waals surface area contributed by atoms with E-state index in [0.717, 1.165) is 25.7 Å². The molecule has 6 rings (SSSR count). The van der Waals surface area contributed by atoms with Crippen molar-refractivity contribution in [1.82, 2.24) is 0 Å². The minimum atomic E-state index is -0.919. The van der Waals surface area contributed by atoms with E-state index in [4.69, 9.17) is 19.2 Å². The first-order valence-electron chi connectivity index (χ1n) is 13.7. The molecule has 200 valence electrons. The van der Waals surface area contributed by atoms with Crippen LogP contribution in [0.25, 0.3) is 0 Å². The van der Waals surface area contributed by atoms with Gasteiger partial charge >= 0.3 is 11.9 Å². The van der Waals surface area contributed by atoms with E-state index in [1.54, 1.807) is 13.8 Å². The fourth-order valence-electron chi connectivity index (χ4n) is 8.63. The topological polar surface area (TPSA) is 91.3 Å². The highest BCUT2D eigenvalue weighted by atomic mass is 17.2. The van der Waals surface area contributed by atoms with Crippen LogP contribution in [-0.2, 0) is 28.8 Å². The number of aliphatic hydroxyl groups is 1. The number of hydrogen-bond donors (Lipinski definition) is 1. The lowest BCUT2D eigenvalue weighted by molar-refractivity contribution is -0.409. The Morgan fingerprint density at radius 2 is 1.44 bits per heavy atom. The van der Waals surface area contributed by atoms with Crippen LogP contribution in [0.1, 0.15) is 97.3 Å². The number of hydrogen-bond acceptors (Lipinski definition) is 7. The summed E-state index contributed by atoms with van der Waals surface area (Å²) >= 11 is 0. The average Bonchev–Trinajstić information content (AvgIpc) is 2.74. The molecule has 6 bridgehead atoms. The Balaban J connectivity index is 1.25. The summed E-state index contributed by atoms with van der Waals surface area (Å²) in [5.41, 5.74) is -2.13. The van der Waals surface area contributed by atoms with Gasteiger partial charge in [-0.05, 0) is 70.1 Å². The molecule has 0 amide bonds. The van der Waals surface area contributed by atoms with Gasteiger partial charge in [0.2, 0.25) is 0 Å². The van der Waals surface area contributed by atoms with Gasteiger partial charge in [0.25, 0.3) is 0 Å². The number of carbonyl (C=O) groups excluding carboxylic acids is 2. The standard InChI is InChI=1S/C29H42O7/c1-19(2)24(30)34-27(12-21-6-5-7-22(10-21)13-27)8-9-33-36-29-15-23-11-26(32,17-29)16-28(14-23,18-29)35-25(31)20(3)4/h21-23,32H,1,3,5-18H2,2,4H3. The van der Waals surface area contributed by atoms with Crippen molar-refractivity contribution in [2.75, 3.05) is 6.61 Å². The molecule has 0 aliphatic heterocycles. The third-order valence-electron chi connectivity index (χ3n) is 9.34. The van der Waals surface area contributed by atoms with Gasteiger partial charge in [-0.2, -0.15) is 0 Å². The highest BCUT2D eigenvalue weighted by Gasteiger charge is 2.66. The molecule has 36 heavy (non-hydrogen) atoms. The smallest absolute Gasteiger partial charge is 0.333 e.